The van der Waals surface area contributed by atoms with E-state index in [1.54, 1.807) is 16.9 Å². The van der Waals surface area contributed by atoms with Crippen molar-refractivity contribution in [3.63, 3.8) is 0 Å². The lowest BCUT2D eigenvalue weighted by atomic mass is 10.1. The molecular formula is C14H20N6O. The van der Waals surface area contributed by atoms with Crippen molar-refractivity contribution in [3.8, 4) is 0 Å². The Labute approximate surface area is 123 Å². The minimum atomic E-state index is -0.152. The Bertz CT molecular complexity index is 611. The first-order chi connectivity index (χ1) is 10.2. The molecule has 1 aliphatic rings. The summed E-state index contributed by atoms with van der Waals surface area (Å²) in [6.45, 7) is 2.44. The average molecular weight is 288 g/mol. The number of aromatic nitrogens is 4. The molecule has 3 heterocycles. The van der Waals surface area contributed by atoms with E-state index in [4.69, 9.17) is 0 Å². The van der Waals surface area contributed by atoms with Gasteiger partial charge in [0.2, 0.25) is 0 Å². The number of rotatable bonds is 4. The largest absolute Gasteiger partial charge is 0.346 e. The van der Waals surface area contributed by atoms with E-state index < -0.39 is 0 Å². The van der Waals surface area contributed by atoms with Crippen LogP contribution in [-0.2, 0) is 13.6 Å². The predicted octanol–water partition coefficient (Wildman–Crippen LogP) is 0.471. The highest BCUT2D eigenvalue weighted by atomic mass is 16.1. The van der Waals surface area contributed by atoms with Crippen LogP contribution in [0.15, 0.2) is 24.7 Å². The third-order valence-corrected chi connectivity index (χ3v) is 3.70. The average Bonchev–Trinajstić information content (AvgIpc) is 3.15. The summed E-state index contributed by atoms with van der Waals surface area (Å²) in [6, 6.07) is 2.12. The quantitative estimate of drug-likeness (QED) is 0.857. The summed E-state index contributed by atoms with van der Waals surface area (Å²) in [5.74, 6) is -0.152. The van der Waals surface area contributed by atoms with E-state index in [0.29, 0.717) is 18.3 Å². The van der Waals surface area contributed by atoms with Crippen LogP contribution in [0.1, 0.15) is 34.9 Å². The molecule has 7 nitrogen and oxygen atoms in total. The standard InChI is InChI=1S/C14H20N6O/c1-19-10-11(8-17-19)7-16-14(21)13-4-6-20(18-13)12-3-2-5-15-9-12/h4,6,8,10,12,15H,2-3,5,7,9H2,1H3,(H,16,21). The van der Waals surface area contributed by atoms with Gasteiger partial charge in [-0.3, -0.25) is 14.2 Å². The molecule has 2 N–H and O–H groups in total. The highest BCUT2D eigenvalue weighted by Crippen LogP contribution is 2.15. The summed E-state index contributed by atoms with van der Waals surface area (Å²) in [5.41, 5.74) is 1.44. The molecule has 3 rings (SSSR count). The van der Waals surface area contributed by atoms with Gasteiger partial charge in [0.05, 0.1) is 12.2 Å². The van der Waals surface area contributed by atoms with Crippen molar-refractivity contribution in [2.75, 3.05) is 13.1 Å². The maximum absolute atomic E-state index is 12.1. The Morgan fingerprint density at radius 2 is 2.48 bits per heavy atom. The fourth-order valence-corrected chi connectivity index (χ4v) is 2.56. The fourth-order valence-electron chi connectivity index (χ4n) is 2.56. The van der Waals surface area contributed by atoms with E-state index in [2.05, 4.69) is 20.8 Å². The summed E-state index contributed by atoms with van der Waals surface area (Å²) in [5, 5.41) is 14.7. The van der Waals surface area contributed by atoms with Crippen molar-refractivity contribution in [1.29, 1.82) is 0 Å². The van der Waals surface area contributed by atoms with E-state index in [9.17, 15) is 4.79 Å². The van der Waals surface area contributed by atoms with Crippen LogP contribution in [0.25, 0.3) is 0 Å². The Kier molecular flexibility index (Phi) is 4.01. The minimum absolute atomic E-state index is 0.152. The lowest BCUT2D eigenvalue weighted by molar-refractivity contribution is 0.0944. The van der Waals surface area contributed by atoms with Crippen LogP contribution in [0.3, 0.4) is 0 Å². The Morgan fingerprint density at radius 3 is 3.19 bits per heavy atom. The van der Waals surface area contributed by atoms with Gasteiger partial charge in [0.1, 0.15) is 5.69 Å². The first-order valence-electron chi connectivity index (χ1n) is 7.24. The predicted molar refractivity (Wildman–Crippen MR) is 77.7 cm³/mol. The molecule has 1 atom stereocenters. The number of aryl methyl sites for hydroxylation is 1. The zero-order chi connectivity index (χ0) is 14.7. The zero-order valence-electron chi connectivity index (χ0n) is 12.1. The van der Waals surface area contributed by atoms with Gasteiger partial charge >= 0.3 is 0 Å². The Hall–Kier alpha value is -2.15. The molecule has 21 heavy (non-hydrogen) atoms. The molecule has 7 heteroatoms. The van der Waals surface area contributed by atoms with Gasteiger partial charge in [-0.05, 0) is 25.5 Å². The molecule has 0 bridgehead atoms. The first kappa shape index (κ1) is 13.8. The molecule has 0 radical (unpaired) electrons. The van der Waals surface area contributed by atoms with Crippen LogP contribution in [0.2, 0.25) is 0 Å². The van der Waals surface area contributed by atoms with Crippen LogP contribution in [0.5, 0.6) is 0 Å². The molecule has 0 aromatic carbocycles. The molecule has 0 saturated carbocycles. The number of hydrogen-bond acceptors (Lipinski definition) is 4. The molecule has 0 aliphatic carbocycles. The Balaban J connectivity index is 1.58. The zero-order valence-corrected chi connectivity index (χ0v) is 12.1. The van der Waals surface area contributed by atoms with Gasteiger partial charge in [-0.15, -0.1) is 0 Å². The van der Waals surface area contributed by atoms with E-state index >= 15 is 0 Å². The highest BCUT2D eigenvalue weighted by Gasteiger charge is 2.17. The SMILES string of the molecule is Cn1cc(CNC(=O)c2ccn(C3CCCNC3)n2)cn1. The molecule has 2 aromatic heterocycles. The van der Waals surface area contributed by atoms with Gasteiger partial charge < -0.3 is 10.6 Å². The molecule has 1 fully saturated rings. The summed E-state index contributed by atoms with van der Waals surface area (Å²) in [7, 11) is 1.85. The molecular weight excluding hydrogens is 268 g/mol. The third-order valence-electron chi connectivity index (χ3n) is 3.70. The molecule has 1 saturated heterocycles. The second-order valence-corrected chi connectivity index (χ2v) is 5.39. The third kappa shape index (κ3) is 3.30. The van der Waals surface area contributed by atoms with E-state index in [1.807, 2.05) is 24.1 Å². The number of carbonyl (C=O) groups excluding carboxylic acids is 1. The number of amides is 1. The van der Waals surface area contributed by atoms with Crippen molar-refractivity contribution in [3.05, 3.63) is 35.9 Å². The number of nitrogens with zero attached hydrogens (tertiary/aromatic N) is 4. The highest BCUT2D eigenvalue weighted by molar-refractivity contribution is 5.92. The van der Waals surface area contributed by atoms with Gasteiger partial charge in [0.15, 0.2) is 0 Å². The lowest BCUT2D eigenvalue weighted by Gasteiger charge is -2.22. The van der Waals surface area contributed by atoms with Crippen LogP contribution in [-0.4, -0.2) is 38.6 Å². The molecule has 1 aliphatic heterocycles. The molecule has 112 valence electrons. The minimum Gasteiger partial charge on any atom is -0.346 e. The van der Waals surface area contributed by atoms with E-state index in [-0.39, 0.29) is 5.91 Å². The summed E-state index contributed by atoms with van der Waals surface area (Å²) in [4.78, 5) is 12.1. The summed E-state index contributed by atoms with van der Waals surface area (Å²) >= 11 is 0. The molecule has 0 spiro atoms. The fraction of sp³-hybridized carbons (Fsp3) is 0.500. The van der Waals surface area contributed by atoms with Gasteiger partial charge in [0.25, 0.3) is 5.91 Å². The van der Waals surface area contributed by atoms with Gasteiger partial charge in [-0.25, -0.2) is 0 Å². The molecule has 2 aromatic rings. The van der Waals surface area contributed by atoms with Gasteiger partial charge in [-0.2, -0.15) is 10.2 Å². The van der Waals surface area contributed by atoms with Crippen LogP contribution < -0.4 is 10.6 Å². The Morgan fingerprint density at radius 1 is 1.57 bits per heavy atom. The maximum atomic E-state index is 12.1. The van der Waals surface area contributed by atoms with Crippen LogP contribution in [0, 0.1) is 0 Å². The van der Waals surface area contributed by atoms with Crippen molar-refractivity contribution < 1.29 is 4.79 Å². The monoisotopic (exact) mass is 288 g/mol. The topological polar surface area (TPSA) is 76.8 Å². The van der Waals surface area contributed by atoms with E-state index in [0.717, 1.165) is 31.5 Å². The molecule has 1 amide bonds. The van der Waals surface area contributed by atoms with Gasteiger partial charge in [-0.1, -0.05) is 0 Å². The van der Waals surface area contributed by atoms with Crippen molar-refractivity contribution in [1.82, 2.24) is 30.2 Å². The summed E-state index contributed by atoms with van der Waals surface area (Å²) in [6.07, 6.45) is 7.76. The second kappa shape index (κ2) is 6.09. The van der Waals surface area contributed by atoms with Crippen LogP contribution >= 0.6 is 0 Å². The van der Waals surface area contributed by atoms with E-state index in [1.165, 1.54) is 0 Å². The number of nitrogens with one attached hydrogen (secondary N) is 2. The second-order valence-electron chi connectivity index (χ2n) is 5.39. The van der Waals surface area contributed by atoms with Crippen molar-refractivity contribution in [2.45, 2.75) is 25.4 Å². The van der Waals surface area contributed by atoms with Crippen molar-refractivity contribution in [2.24, 2.45) is 7.05 Å². The van der Waals surface area contributed by atoms with Gasteiger partial charge in [0, 0.05) is 38.1 Å². The summed E-state index contributed by atoms with van der Waals surface area (Å²) < 4.78 is 3.61. The number of hydrogen-bond donors (Lipinski definition) is 2. The normalized spacial score (nSPS) is 18.6. The first-order valence-corrected chi connectivity index (χ1v) is 7.24. The van der Waals surface area contributed by atoms with Crippen molar-refractivity contribution >= 4 is 5.91 Å². The maximum Gasteiger partial charge on any atom is 0.272 e. The van der Waals surface area contributed by atoms with Crippen LogP contribution in [0.4, 0.5) is 0 Å². The lowest BCUT2D eigenvalue weighted by Crippen LogP contribution is -2.32. The number of piperidine rings is 1. The number of carbonyl (C=O) groups is 1. The molecule has 1 unspecified atom stereocenters. The smallest absolute Gasteiger partial charge is 0.272 e.